The van der Waals surface area contributed by atoms with Crippen LogP contribution >= 0.6 is 11.8 Å². The van der Waals surface area contributed by atoms with Crippen LogP contribution in [0.1, 0.15) is 39.0 Å². The fourth-order valence-corrected chi connectivity index (χ4v) is 5.10. The van der Waals surface area contributed by atoms with E-state index in [0.717, 1.165) is 34.1 Å². The summed E-state index contributed by atoms with van der Waals surface area (Å²) in [4.78, 5) is 25.4. The van der Waals surface area contributed by atoms with Crippen LogP contribution in [-0.4, -0.2) is 42.5 Å². The number of rotatable bonds is 8. The summed E-state index contributed by atoms with van der Waals surface area (Å²) in [6.45, 7) is 12.3. The number of aryl methyl sites for hydroxylation is 1. The zero-order chi connectivity index (χ0) is 22.8. The van der Waals surface area contributed by atoms with E-state index < -0.39 is 0 Å². The van der Waals surface area contributed by atoms with Crippen molar-refractivity contribution >= 4 is 28.3 Å². The monoisotopic (exact) mass is 449 g/mol. The van der Waals surface area contributed by atoms with Crippen LogP contribution in [0.25, 0.3) is 16.6 Å². The lowest BCUT2D eigenvalue weighted by molar-refractivity contribution is 0.166. The predicted octanol–water partition coefficient (Wildman–Crippen LogP) is 4.76. The zero-order valence-electron chi connectivity index (χ0n) is 19.4. The van der Waals surface area contributed by atoms with Crippen LogP contribution in [0.5, 0.6) is 0 Å². The van der Waals surface area contributed by atoms with Gasteiger partial charge in [0, 0.05) is 43.3 Å². The van der Waals surface area contributed by atoms with Crippen LogP contribution in [0.3, 0.4) is 0 Å². The summed E-state index contributed by atoms with van der Waals surface area (Å²) in [5.74, 6) is 0.657. The number of hydrogen-bond acceptors (Lipinski definition) is 5. The number of fused-ring (bicyclic) bond motifs is 2. The van der Waals surface area contributed by atoms with Gasteiger partial charge in [0.25, 0.3) is 5.56 Å². The van der Waals surface area contributed by atoms with Crippen molar-refractivity contribution in [2.45, 2.75) is 64.2 Å². The normalized spacial score (nSPS) is 12.1. The van der Waals surface area contributed by atoms with Crippen LogP contribution in [0.4, 0.5) is 0 Å². The van der Waals surface area contributed by atoms with E-state index in [0.29, 0.717) is 29.8 Å². The van der Waals surface area contributed by atoms with Crippen molar-refractivity contribution in [2.24, 2.45) is 0 Å². The number of nitrogens with zero attached hydrogens (tertiary/aromatic N) is 5. The first-order chi connectivity index (χ1) is 15.3. The van der Waals surface area contributed by atoms with Crippen LogP contribution in [0, 0.1) is 6.92 Å². The van der Waals surface area contributed by atoms with Gasteiger partial charge in [0.2, 0.25) is 0 Å². The minimum absolute atomic E-state index is 0.0245. The van der Waals surface area contributed by atoms with Crippen LogP contribution in [0.15, 0.2) is 58.7 Å². The van der Waals surface area contributed by atoms with Crippen molar-refractivity contribution in [2.75, 3.05) is 6.54 Å². The fraction of sp³-hybridized carbons (Fsp3) is 0.400. The van der Waals surface area contributed by atoms with Gasteiger partial charge in [-0.2, -0.15) is 0 Å². The quantitative estimate of drug-likeness (QED) is 0.287. The molecule has 3 heterocycles. The Morgan fingerprint density at radius 2 is 1.78 bits per heavy atom. The second-order valence-electron chi connectivity index (χ2n) is 8.74. The first kappa shape index (κ1) is 22.6. The van der Waals surface area contributed by atoms with E-state index in [1.165, 1.54) is 0 Å². The summed E-state index contributed by atoms with van der Waals surface area (Å²) in [7, 11) is 0. The van der Waals surface area contributed by atoms with Gasteiger partial charge in [0.05, 0.1) is 16.6 Å². The summed E-state index contributed by atoms with van der Waals surface area (Å²) in [6.07, 6.45) is 4.07. The van der Waals surface area contributed by atoms with E-state index in [2.05, 4.69) is 56.2 Å². The van der Waals surface area contributed by atoms with Gasteiger partial charge in [-0.1, -0.05) is 30.0 Å². The molecule has 0 fully saturated rings. The number of thioether (sulfide) groups is 1. The van der Waals surface area contributed by atoms with Gasteiger partial charge in [-0.25, -0.2) is 9.97 Å². The number of benzene rings is 1. The molecule has 0 N–H and O–H groups in total. The van der Waals surface area contributed by atoms with E-state index in [1.54, 1.807) is 11.8 Å². The molecule has 32 heavy (non-hydrogen) atoms. The summed E-state index contributed by atoms with van der Waals surface area (Å²) >= 11 is 1.58. The molecule has 0 bridgehead atoms. The molecule has 6 nitrogen and oxygen atoms in total. The fourth-order valence-electron chi connectivity index (χ4n) is 4.20. The van der Waals surface area contributed by atoms with Crippen molar-refractivity contribution in [1.29, 1.82) is 0 Å². The molecule has 0 saturated carbocycles. The van der Waals surface area contributed by atoms with E-state index >= 15 is 0 Å². The van der Waals surface area contributed by atoms with E-state index in [9.17, 15) is 4.79 Å². The van der Waals surface area contributed by atoms with Crippen molar-refractivity contribution in [3.63, 3.8) is 0 Å². The first-order valence-electron chi connectivity index (χ1n) is 11.2. The lowest BCUT2D eigenvalue weighted by Gasteiger charge is -2.30. The van der Waals surface area contributed by atoms with Gasteiger partial charge in [-0.15, -0.1) is 0 Å². The summed E-state index contributed by atoms with van der Waals surface area (Å²) < 4.78 is 3.89. The van der Waals surface area contributed by atoms with E-state index in [1.807, 2.05) is 41.1 Å². The number of pyridine rings is 1. The Bertz CT molecular complexity index is 1280. The molecule has 0 spiro atoms. The third kappa shape index (κ3) is 4.59. The summed E-state index contributed by atoms with van der Waals surface area (Å²) in [6, 6.07) is 12.5. The average Bonchev–Trinajstić information content (AvgIpc) is 3.18. The van der Waals surface area contributed by atoms with Crippen LogP contribution in [0.2, 0.25) is 0 Å². The zero-order valence-corrected chi connectivity index (χ0v) is 20.3. The maximum Gasteiger partial charge on any atom is 0.262 e. The summed E-state index contributed by atoms with van der Waals surface area (Å²) in [5.41, 5.74) is 3.86. The van der Waals surface area contributed by atoms with Gasteiger partial charge in [-0.05, 0) is 58.4 Å². The lowest BCUT2D eigenvalue weighted by atomic mass is 10.2. The Morgan fingerprint density at radius 1 is 1.03 bits per heavy atom. The van der Waals surface area contributed by atoms with E-state index in [-0.39, 0.29) is 5.56 Å². The molecule has 0 aliphatic heterocycles. The van der Waals surface area contributed by atoms with Gasteiger partial charge in [0.15, 0.2) is 5.16 Å². The highest BCUT2D eigenvalue weighted by molar-refractivity contribution is 7.98. The summed E-state index contributed by atoms with van der Waals surface area (Å²) in [5, 5.41) is 1.41. The Labute approximate surface area is 193 Å². The number of imidazole rings is 1. The third-order valence-electron chi connectivity index (χ3n) is 5.81. The highest BCUT2D eigenvalue weighted by Gasteiger charge is 2.17. The number of aromatic nitrogens is 4. The molecule has 0 atom stereocenters. The molecular weight excluding hydrogens is 418 g/mol. The maximum absolute atomic E-state index is 13.4. The highest BCUT2D eigenvalue weighted by Crippen LogP contribution is 2.23. The van der Waals surface area contributed by atoms with Crippen LogP contribution < -0.4 is 5.56 Å². The first-order valence-corrected chi connectivity index (χ1v) is 12.1. The lowest BCUT2D eigenvalue weighted by Crippen LogP contribution is -2.40. The topological polar surface area (TPSA) is 55.4 Å². The standard InChI is InChI=1S/C25H31N5OS/c1-17(2)29(18(3)4)13-14-30-24(31)21-10-6-7-11-22(21)27-25(30)32-16-20-15-28-12-8-9-19(5)23(28)26-20/h6-12,15,17-18H,13-14,16H2,1-5H3. The van der Waals surface area contributed by atoms with Gasteiger partial charge in [0.1, 0.15) is 5.65 Å². The highest BCUT2D eigenvalue weighted by atomic mass is 32.2. The minimum atomic E-state index is 0.0245. The molecule has 3 aromatic heterocycles. The SMILES string of the molecule is Cc1cccn2cc(CSc3nc4ccccc4c(=O)n3CCN(C(C)C)C(C)C)nc12. The molecule has 168 valence electrons. The molecular formula is C25H31N5OS. The minimum Gasteiger partial charge on any atom is -0.307 e. The molecule has 0 aliphatic rings. The van der Waals surface area contributed by atoms with Crippen molar-refractivity contribution < 1.29 is 0 Å². The second-order valence-corrected chi connectivity index (χ2v) is 9.68. The molecule has 0 saturated heterocycles. The van der Waals surface area contributed by atoms with Gasteiger partial charge < -0.3 is 4.40 Å². The molecule has 7 heteroatoms. The van der Waals surface area contributed by atoms with Crippen molar-refractivity contribution in [3.8, 4) is 0 Å². The molecule has 0 amide bonds. The van der Waals surface area contributed by atoms with Gasteiger partial charge in [-0.3, -0.25) is 14.3 Å². The molecule has 4 aromatic rings. The predicted molar refractivity (Wildman–Crippen MR) is 132 cm³/mol. The molecule has 1 aromatic carbocycles. The number of hydrogen-bond donors (Lipinski definition) is 0. The van der Waals surface area contributed by atoms with Crippen molar-refractivity contribution in [1.82, 2.24) is 23.8 Å². The van der Waals surface area contributed by atoms with Gasteiger partial charge >= 0.3 is 0 Å². The number of para-hydroxylation sites is 1. The Hall–Kier alpha value is -2.64. The third-order valence-corrected chi connectivity index (χ3v) is 6.82. The molecule has 0 aliphatic carbocycles. The largest absolute Gasteiger partial charge is 0.307 e. The molecule has 0 unspecified atom stereocenters. The molecule has 4 rings (SSSR count). The smallest absolute Gasteiger partial charge is 0.262 e. The molecule has 0 radical (unpaired) electrons. The Kier molecular flexibility index (Phi) is 6.67. The second kappa shape index (κ2) is 9.46. The average molecular weight is 450 g/mol. The van der Waals surface area contributed by atoms with E-state index in [4.69, 9.17) is 9.97 Å². The maximum atomic E-state index is 13.4. The van der Waals surface area contributed by atoms with Crippen molar-refractivity contribution in [3.05, 3.63) is 70.4 Å². The Balaban J connectivity index is 1.66. The Morgan fingerprint density at radius 3 is 2.50 bits per heavy atom. The van der Waals surface area contributed by atoms with Crippen LogP contribution in [-0.2, 0) is 12.3 Å².